The fourth-order valence-corrected chi connectivity index (χ4v) is 4.79. The van der Waals surface area contributed by atoms with Crippen molar-refractivity contribution in [3.63, 3.8) is 0 Å². The van der Waals surface area contributed by atoms with E-state index in [0.29, 0.717) is 38.8 Å². The molecule has 0 spiro atoms. The van der Waals surface area contributed by atoms with Crippen molar-refractivity contribution >= 4 is 64.1 Å². The Labute approximate surface area is 229 Å². The van der Waals surface area contributed by atoms with E-state index in [1.165, 1.54) is 17.8 Å². The predicted molar refractivity (Wildman–Crippen MR) is 147 cm³/mol. The van der Waals surface area contributed by atoms with E-state index in [-0.39, 0.29) is 28.5 Å². The van der Waals surface area contributed by atoms with E-state index in [9.17, 15) is 9.59 Å². The van der Waals surface area contributed by atoms with Crippen LogP contribution in [0.1, 0.15) is 41.6 Å². The summed E-state index contributed by atoms with van der Waals surface area (Å²) >= 11 is 19.6. The van der Waals surface area contributed by atoms with Gasteiger partial charge in [-0.1, -0.05) is 72.6 Å². The molecule has 0 fully saturated rings. The van der Waals surface area contributed by atoms with Crippen LogP contribution in [0.3, 0.4) is 0 Å². The lowest BCUT2D eigenvalue weighted by molar-refractivity contribution is -0.113. The Morgan fingerprint density at radius 1 is 1.11 bits per heavy atom. The van der Waals surface area contributed by atoms with Crippen LogP contribution >= 0.6 is 46.6 Å². The van der Waals surface area contributed by atoms with E-state index >= 15 is 0 Å². The molecule has 3 aromatic rings. The Hall–Kier alpha value is -2.52. The summed E-state index contributed by atoms with van der Waals surface area (Å²) in [5, 5.41) is 16.3. The molecule has 0 saturated carbocycles. The highest BCUT2D eigenvalue weighted by molar-refractivity contribution is 7.99. The van der Waals surface area contributed by atoms with Crippen LogP contribution in [0.4, 0.5) is 5.69 Å². The van der Waals surface area contributed by atoms with Gasteiger partial charge in [0.2, 0.25) is 5.91 Å². The summed E-state index contributed by atoms with van der Waals surface area (Å²) in [5.41, 5.74) is 1.86. The molecule has 0 aliphatic rings. The van der Waals surface area contributed by atoms with Crippen LogP contribution in [-0.4, -0.2) is 32.3 Å². The molecule has 0 saturated heterocycles. The molecular weight excluding hydrogens is 541 g/mol. The van der Waals surface area contributed by atoms with Crippen molar-refractivity contribution in [3.8, 4) is 0 Å². The van der Waals surface area contributed by atoms with E-state index in [1.807, 2.05) is 31.4 Å². The normalized spacial score (nSPS) is 11.9. The number of hydrogen-bond donors (Lipinski definition) is 2. The predicted octanol–water partition coefficient (Wildman–Crippen LogP) is 6.59. The van der Waals surface area contributed by atoms with Gasteiger partial charge in [0.25, 0.3) is 5.91 Å². The van der Waals surface area contributed by atoms with E-state index < -0.39 is 6.04 Å². The number of amides is 2. The maximum absolute atomic E-state index is 13.0. The zero-order valence-electron chi connectivity index (χ0n) is 20.0. The molecule has 190 valence electrons. The summed E-state index contributed by atoms with van der Waals surface area (Å²) in [6.07, 6.45) is 1.71. The fourth-order valence-electron chi connectivity index (χ4n) is 3.36. The molecule has 1 atom stereocenters. The van der Waals surface area contributed by atoms with Gasteiger partial charge in [0, 0.05) is 22.3 Å². The maximum Gasteiger partial charge on any atom is 0.253 e. The first-order valence-corrected chi connectivity index (χ1v) is 13.2. The van der Waals surface area contributed by atoms with Crippen LogP contribution in [0.25, 0.3) is 0 Å². The zero-order valence-corrected chi connectivity index (χ0v) is 23.1. The number of allylic oxidation sites excluding steroid dienone is 1. The Morgan fingerprint density at radius 2 is 1.86 bits per heavy atom. The number of hydrogen-bond acceptors (Lipinski definition) is 5. The van der Waals surface area contributed by atoms with Gasteiger partial charge in [-0.2, -0.15) is 0 Å². The largest absolute Gasteiger partial charge is 0.342 e. The second-order valence-corrected chi connectivity index (χ2v) is 10.6. The van der Waals surface area contributed by atoms with Gasteiger partial charge in [0.1, 0.15) is 0 Å². The molecule has 11 heteroatoms. The van der Waals surface area contributed by atoms with Gasteiger partial charge < -0.3 is 15.2 Å². The average molecular weight is 567 g/mol. The minimum atomic E-state index is -0.463. The quantitative estimate of drug-likeness (QED) is 0.213. The van der Waals surface area contributed by atoms with Gasteiger partial charge in [-0.25, -0.2) is 0 Å². The number of thioether (sulfide) groups is 1. The molecule has 3 rings (SSSR count). The average Bonchev–Trinajstić information content (AvgIpc) is 3.20. The minimum Gasteiger partial charge on any atom is -0.342 e. The van der Waals surface area contributed by atoms with Gasteiger partial charge in [-0.3, -0.25) is 9.59 Å². The molecule has 0 aliphatic carbocycles. The molecule has 1 aromatic heterocycles. The van der Waals surface area contributed by atoms with Gasteiger partial charge in [0.15, 0.2) is 11.0 Å². The maximum atomic E-state index is 13.0. The standard InChI is InChI=1S/C25H26Cl3N5O2S/c1-5-10-33-23(22(14(2)3)30-24(35)18-9-7-16(26)11-20(18)28)31-32-25(33)36-13-21(34)29-17-8-6-15(4)19(27)12-17/h5-9,11-12,14,22H,1,10,13H2,2-4H3,(H,29,34)(H,30,35)/t22-/m0/s1. The third-order valence-electron chi connectivity index (χ3n) is 5.25. The lowest BCUT2D eigenvalue weighted by Gasteiger charge is -2.23. The van der Waals surface area contributed by atoms with E-state index in [1.54, 1.807) is 30.3 Å². The smallest absolute Gasteiger partial charge is 0.253 e. The summed E-state index contributed by atoms with van der Waals surface area (Å²) in [6.45, 7) is 10.1. The molecule has 7 nitrogen and oxygen atoms in total. The molecule has 1 heterocycles. The van der Waals surface area contributed by atoms with Crippen LogP contribution in [0, 0.1) is 12.8 Å². The fraction of sp³-hybridized carbons (Fsp3) is 0.280. The summed E-state index contributed by atoms with van der Waals surface area (Å²) in [6, 6.07) is 9.59. The van der Waals surface area contributed by atoms with E-state index in [2.05, 4.69) is 27.4 Å². The van der Waals surface area contributed by atoms with Crippen molar-refractivity contribution in [2.75, 3.05) is 11.1 Å². The second-order valence-electron chi connectivity index (χ2n) is 8.36. The van der Waals surface area contributed by atoms with Gasteiger partial charge in [0.05, 0.1) is 22.4 Å². The lowest BCUT2D eigenvalue weighted by Crippen LogP contribution is -2.34. The first kappa shape index (κ1) is 28.1. The van der Waals surface area contributed by atoms with Gasteiger partial charge >= 0.3 is 0 Å². The van der Waals surface area contributed by atoms with Crippen LogP contribution in [-0.2, 0) is 11.3 Å². The van der Waals surface area contributed by atoms with Crippen LogP contribution in [0.15, 0.2) is 54.2 Å². The molecule has 0 unspecified atom stereocenters. The van der Waals surface area contributed by atoms with Crippen molar-refractivity contribution in [2.45, 2.75) is 38.5 Å². The molecule has 0 bridgehead atoms. The number of benzene rings is 2. The van der Waals surface area contributed by atoms with Crippen molar-refractivity contribution in [1.29, 1.82) is 0 Å². The summed E-state index contributed by atoms with van der Waals surface area (Å²) in [5.74, 6) is 0.0891. The number of nitrogens with one attached hydrogen (secondary N) is 2. The number of carbonyl (C=O) groups excluding carboxylic acids is 2. The van der Waals surface area contributed by atoms with Gasteiger partial charge in [-0.05, 0) is 48.7 Å². The number of rotatable bonds is 10. The topological polar surface area (TPSA) is 88.9 Å². The molecule has 2 N–H and O–H groups in total. The monoisotopic (exact) mass is 565 g/mol. The minimum absolute atomic E-state index is 0.0137. The van der Waals surface area contributed by atoms with Crippen molar-refractivity contribution in [2.24, 2.45) is 5.92 Å². The Morgan fingerprint density at radius 3 is 2.50 bits per heavy atom. The second kappa shape index (κ2) is 12.6. The molecule has 0 aliphatic heterocycles. The third kappa shape index (κ3) is 7.03. The van der Waals surface area contributed by atoms with Crippen LogP contribution in [0.5, 0.6) is 0 Å². The SMILES string of the molecule is C=CCn1c(SCC(=O)Nc2ccc(C)c(Cl)c2)nnc1[C@@H](NC(=O)c1ccc(Cl)cc1Cl)C(C)C. The van der Waals surface area contributed by atoms with Crippen LogP contribution in [0.2, 0.25) is 15.1 Å². The highest BCUT2D eigenvalue weighted by Gasteiger charge is 2.27. The molecule has 36 heavy (non-hydrogen) atoms. The number of aryl methyl sites for hydroxylation is 1. The summed E-state index contributed by atoms with van der Waals surface area (Å²) in [7, 11) is 0. The number of carbonyl (C=O) groups is 2. The summed E-state index contributed by atoms with van der Waals surface area (Å²) in [4.78, 5) is 25.5. The Balaban J connectivity index is 1.76. The van der Waals surface area contributed by atoms with Crippen LogP contribution < -0.4 is 10.6 Å². The summed E-state index contributed by atoms with van der Waals surface area (Å²) < 4.78 is 1.84. The first-order valence-electron chi connectivity index (χ1n) is 11.1. The van der Waals surface area contributed by atoms with Crippen molar-refractivity contribution < 1.29 is 9.59 Å². The lowest BCUT2D eigenvalue weighted by atomic mass is 10.0. The zero-order chi connectivity index (χ0) is 26.4. The molecule has 2 aromatic carbocycles. The van der Waals surface area contributed by atoms with Crippen molar-refractivity contribution in [1.82, 2.24) is 20.1 Å². The number of aromatic nitrogens is 3. The number of halogens is 3. The molecule has 2 amide bonds. The number of anilines is 1. The number of nitrogens with zero attached hydrogens (tertiary/aromatic N) is 3. The molecule has 0 radical (unpaired) electrons. The highest BCUT2D eigenvalue weighted by atomic mass is 35.5. The molecular formula is C25H26Cl3N5O2S. The van der Waals surface area contributed by atoms with E-state index in [4.69, 9.17) is 34.8 Å². The Bertz CT molecular complexity index is 1280. The van der Waals surface area contributed by atoms with E-state index in [0.717, 1.165) is 5.56 Å². The highest BCUT2D eigenvalue weighted by Crippen LogP contribution is 2.28. The van der Waals surface area contributed by atoms with Crippen molar-refractivity contribution in [3.05, 3.63) is 81.1 Å². The third-order valence-corrected chi connectivity index (χ3v) is 7.17. The Kier molecular flexibility index (Phi) is 9.84. The van der Waals surface area contributed by atoms with Gasteiger partial charge in [-0.15, -0.1) is 16.8 Å². The first-order chi connectivity index (χ1) is 17.1.